The van der Waals surface area contributed by atoms with E-state index in [9.17, 15) is 4.79 Å². The highest BCUT2D eigenvalue weighted by Gasteiger charge is 2.40. The normalized spacial score (nSPS) is 17.2. The molecule has 5 nitrogen and oxygen atoms in total. The summed E-state index contributed by atoms with van der Waals surface area (Å²) in [7, 11) is 0. The molecule has 1 saturated carbocycles. The first-order valence-corrected chi connectivity index (χ1v) is 7.50. The number of nitrogens with zero attached hydrogens (tertiary/aromatic N) is 3. The van der Waals surface area contributed by atoms with Crippen molar-refractivity contribution in [2.75, 3.05) is 0 Å². The van der Waals surface area contributed by atoms with Gasteiger partial charge in [0.15, 0.2) is 5.82 Å². The van der Waals surface area contributed by atoms with E-state index in [0.29, 0.717) is 18.9 Å². The SMILES string of the molecule is C=C1CC(C)(c2noc(CCn3c(C)csc3=O)n2)C1. The molecule has 0 spiro atoms. The molecule has 2 aromatic rings. The minimum Gasteiger partial charge on any atom is -0.339 e. The fourth-order valence-corrected chi connectivity index (χ4v) is 3.45. The van der Waals surface area contributed by atoms with E-state index >= 15 is 0 Å². The zero-order valence-corrected chi connectivity index (χ0v) is 12.5. The largest absolute Gasteiger partial charge is 0.339 e. The Kier molecular flexibility index (Phi) is 3.12. The number of allylic oxidation sites excluding steroid dienone is 1. The van der Waals surface area contributed by atoms with Crippen LogP contribution in [-0.2, 0) is 18.4 Å². The summed E-state index contributed by atoms with van der Waals surface area (Å²) in [5.41, 5.74) is 2.19. The summed E-state index contributed by atoms with van der Waals surface area (Å²) in [6.45, 7) is 8.59. The minimum absolute atomic E-state index is 0.0199. The standard InChI is InChI=1S/C14H17N3O2S/c1-9-6-14(3,7-9)12-15-11(19-16-12)4-5-17-10(2)8-20-13(17)18/h8H,1,4-7H2,2-3H3. The molecule has 20 heavy (non-hydrogen) atoms. The van der Waals surface area contributed by atoms with E-state index in [1.165, 1.54) is 16.9 Å². The van der Waals surface area contributed by atoms with Gasteiger partial charge >= 0.3 is 4.87 Å². The molecule has 3 rings (SSSR count). The van der Waals surface area contributed by atoms with E-state index in [-0.39, 0.29) is 10.3 Å². The molecular weight excluding hydrogens is 274 g/mol. The Balaban J connectivity index is 1.69. The second-order valence-corrected chi connectivity index (χ2v) is 6.54. The van der Waals surface area contributed by atoms with Crippen LogP contribution in [-0.4, -0.2) is 14.7 Å². The molecule has 2 aromatic heterocycles. The quantitative estimate of drug-likeness (QED) is 0.812. The van der Waals surface area contributed by atoms with Gasteiger partial charge in [-0.1, -0.05) is 35.6 Å². The van der Waals surface area contributed by atoms with Crippen LogP contribution in [0.3, 0.4) is 0 Å². The number of aryl methyl sites for hydroxylation is 2. The molecule has 2 heterocycles. The molecule has 0 aliphatic heterocycles. The molecule has 1 fully saturated rings. The molecule has 1 aliphatic rings. The first kappa shape index (κ1) is 13.3. The highest BCUT2D eigenvalue weighted by molar-refractivity contribution is 7.07. The van der Waals surface area contributed by atoms with Gasteiger partial charge in [-0.15, -0.1) is 0 Å². The monoisotopic (exact) mass is 291 g/mol. The average Bonchev–Trinajstić information content (AvgIpc) is 2.94. The van der Waals surface area contributed by atoms with Crippen LogP contribution in [0.15, 0.2) is 26.8 Å². The van der Waals surface area contributed by atoms with Gasteiger partial charge in [0.05, 0.1) is 0 Å². The molecular formula is C14H17N3O2S. The topological polar surface area (TPSA) is 60.9 Å². The lowest BCUT2D eigenvalue weighted by molar-refractivity contribution is 0.313. The van der Waals surface area contributed by atoms with Gasteiger partial charge in [-0.3, -0.25) is 4.79 Å². The average molecular weight is 291 g/mol. The molecule has 0 amide bonds. The molecule has 106 valence electrons. The molecule has 0 bridgehead atoms. The van der Waals surface area contributed by atoms with E-state index in [0.717, 1.165) is 24.4 Å². The van der Waals surface area contributed by atoms with Gasteiger partial charge in [0.1, 0.15) is 0 Å². The Morgan fingerprint density at radius 3 is 2.90 bits per heavy atom. The Morgan fingerprint density at radius 1 is 1.55 bits per heavy atom. The lowest BCUT2D eigenvalue weighted by Gasteiger charge is -2.37. The fourth-order valence-electron chi connectivity index (χ4n) is 2.69. The summed E-state index contributed by atoms with van der Waals surface area (Å²) in [5, 5.41) is 5.94. The van der Waals surface area contributed by atoms with Crippen molar-refractivity contribution in [1.82, 2.24) is 14.7 Å². The first-order valence-electron chi connectivity index (χ1n) is 6.62. The maximum absolute atomic E-state index is 11.6. The minimum atomic E-state index is -0.0199. The summed E-state index contributed by atoms with van der Waals surface area (Å²) in [6, 6.07) is 0. The van der Waals surface area contributed by atoms with Crippen molar-refractivity contribution in [3.63, 3.8) is 0 Å². The number of thiazole rings is 1. The van der Waals surface area contributed by atoms with Crippen molar-refractivity contribution in [2.45, 2.75) is 45.1 Å². The molecule has 0 saturated heterocycles. The van der Waals surface area contributed by atoms with Gasteiger partial charge < -0.3 is 9.09 Å². The van der Waals surface area contributed by atoms with E-state index < -0.39 is 0 Å². The van der Waals surface area contributed by atoms with Gasteiger partial charge in [-0.2, -0.15) is 4.98 Å². The Morgan fingerprint density at radius 2 is 2.30 bits per heavy atom. The van der Waals surface area contributed by atoms with Crippen molar-refractivity contribution < 1.29 is 4.52 Å². The predicted octanol–water partition coefficient (Wildman–Crippen LogP) is 2.45. The van der Waals surface area contributed by atoms with Crippen molar-refractivity contribution in [2.24, 2.45) is 0 Å². The van der Waals surface area contributed by atoms with Crippen molar-refractivity contribution in [3.05, 3.63) is 44.6 Å². The third-order valence-corrected chi connectivity index (χ3v) is 4.69. The van der Waals surface area contributed by atoms with E-state index in [1.807, 2.05) is 12.3 Å². The second kappa shape index (κ2) is 4.70. The van der Waals surface area contributed by atoms with Gasteiger partial charge in [0.25, 0.3) is 0 Å². The molecule has 0 aromatic carbocycles. The number of rotatable bonds is 4. The van der Waals surface area contributed by atoms with Crippen LogP contribution in [0.1, 0.15) is 37.2 Å². The zero-order chi connectivity index (χ0) is 14.3. The Bertz CT molecular complexity index is 702. The summed E-state index contributed by atoms with van der Waals surface area (Å²) in [6.07, 6.45) is 2.44. The second-order valence-electron chi connectivity index (χ2n) is 5.72. The lowest BCUT2D eigenvalue weighted by Crippen LogP contribution is -2.33. The highest BCUT2D eigenvalue weighted by Crippen LogP contribution is 2.44. The van der Waals surface area contributed by atoms with Gasteiger partial charge in [-0.25, -0.2) is 0 Å². The summed E-state index contributed by atoms with van der Waals surface area (Å²) in [4.78, 5) is 16.1. The van der Waals surface area contributed by atoms with Gasteiger partial charge in [0.2, 0.25) is 5.89 Å². The van der Waals surface area contributed by atoms with Crippen LogP contribution >= 0.6 is 11.3 Å². The maximum Gasteiger partial charge on any atom is 0.307 e. The van der Waals surface area contributed by atoms with Gasteiger partial charge in [-0.05, 0) is 19.8 Å². The van der Waals surface area contributed by atoms with E-state index in [1.54, 1.807) is 4.57 Å². The molecule has 0 N–H and O–H groups in total. The van der Waals surface area contributed by atoms with E-state index in [2.05, 4.69) is 23.6 Å². The molecule has 1 aliphatic carbocycles. The first-order chi connectivity index (χ1) is 9.48. The number of hydrogen-bond donors (Lipinski definition) is 0. The van der Waals surface area contributed by atoms with Crippen LogP contribution < -0.4 is 4.87 Å². The molecule has 0 atom stereocenters. The van der Waals surface area contributed by atoms with Crippen LogP contribution in [0, 0.1) is 6.92 Å². The summed E-state index contributed by atoms with van der Waals surface area (Å²) < 4.78 is 7.03. The molecule has 0 radical (unpaired) electrons. The maximum atomic E-state index is 11.6. The third kappa shape index (κ3) is 2.24. The van der Waals surface area contributed by atoms with Crippen LogP contribution in [0.2, 0.25) is 0 Å². The predicted molar refractivity (Wildman–Crippen MR) is 77.0 cm³/mol. The zero-order valence-electron chi connectivity index (χ0n) is 11.7. The third-order valence-electron chi connectivity index (χ3n) is 3.81. The molecule has 6 heteroatoms. The molecule has 0 unspecified atom stereocenters. The van der Waals surface area contributed by atoms with Crippen molar-refractivity contribution in [1.29, 1.82) is 0 Å². The Hall–Kier alpha value is -1.69. The van der Waals surface area contributed by atoms with Crippen LogP contribution in [0.4, 0.5) is 0 Å². The number of hydrogen-bond acceptors (Lipinski definition) is 5. The van der Waals surface area contributed by atoms with E-state index in [4.69, 9.17) is 4.52 Å². The summed E-state index contributed by atoms with van der Waals surface area (Å²) >= 11 is 1.22. The summed E-state index contributed by atoms with van der Waals surface area (Å²) in [5.74, 6) is 1.35. The Labute approximate surface area is 120 Å². The van der Waals surface area contributed by atoms with Crippen LogP contribution in [0.5, 0.6) is 0 Å². The lowest BCUT2D eigenvalue weighted by atomic mass is 9.67. The number of aromatic nitrogens is 3. The van der Waals surface area contributed by atoms with Crippen molar-refractivity contribution in [3.8, 4) is 0 Å². The smallest absolute Gasteiger partial charge is 0.307 e. The van der Waals surface area contributed by atoms with Gasteiger partial charge in [0, 0.05) is 29.5 Å². The fraction of sp³-hybridized carbons (Fsp3) is 0.500. The van der Waals surface area contributed by atoms with Crippen LogP contribution in [0.25, 0.3) is 0 Å². The highest BCUT2D eigenvalue weighted by atomic mass is 32.1. The van der Waals surface area contributed by atoms with Crippen molar-refractivity contribution >= 4 is 11.3 Å².